The number of nitrogens with zero attached hydrogens (tertiary/aromatic N) is 5. The number of carbonyl (C=O) groups excluding carboxylic acids is 1. The summed E-state index contributed by atoms with van der Waals surface area (Å²) in [5.41, 5.74) is 1.65. The van der Waals surface area contributed by atoms with Crippen LogP contribution in [0.3, 0.4) is 0 Å². The van der Waals surface area contributed by atoms with Gasteiger partial charge in [0, 0.05) is 26.4 Å². The highest BCUT2D eigenvalue weighted by atomic mass is 16.5. The first-order chi connectivity index (χ1) is 11.3. The summed E-state index contributed by atoms with van der Waals surface area (Å²) < 4.78 is 12.5. The molecule has 8 nitrogen and oxygen atoms in total. The molecule has 1 amide bonds. The average Bonchev–Trinajstić information content (AvgIpc) is 2.82. The van der Waals surface area contributed by atoms with E-state index in [2.05, 4.69) is 15.3 Å². The summed E-state index contributed by atoms with van der Waals surface area (Å²) in [4.78, 5) is 17.9. The number of hydrogen-bond donors (Lipinski definition) is 0. The van der Waals surface area contributed by atoms with Crippen LogP contribution in [0, 0.1) is 0 Å². The third-order valence-corrected chi connectivity index (χ3v) is 3.69. The lowest BCUT2D eigenvalue weighted by Gasteiger charge is -2.19. The molecule has 1 aliphatic heterocycles. The Labute approximate surface area is 134 Å². The van der Waals surface area contributed by atoms with Crippen LogP contribution in [0.2, 0.25) is 0 Å². The highest BCUT2D eigenvalue weighted by Gasteiger charge is 2.23. The maximum absolute atomic E-state index is 12.1. The van der Waals surface area contributed by atoms with E-state index in [4.69, 9.17) is 9.47 Å². The van der Waals surface area contributed by atoms with Gasteiger partial charge in [0.25, 0.3) is 0 Å². The highest BCUT2D eigenvalue weighted by Crippen LogP contribution is 2.17. The number of hydrogen-bond acceptors (Lipinski definition) is 6. The Bertz CT molecular complexity index is 658. The topological polar surface area (TPSA) is 82.4 Å². The van der Waals surface area contributed by atoms with Crippen LogP contribution >= 0.6 is 0 Å². The van der Waals surface area contributed by atoms with Crippen molar-refractivity contribution in [2.45, 2.75) is 26.1 Å². The SMILES string of the molecule is COCC(=O)N1CCCn2nnc(COc3cccnc3)c2C1. The summed E-state index contributed by atoms with van der Waals surface area (Å²) in [6.07, 6.45) is 4.18. The van der Waals surface area contributed by atoms with Crippen molar-refractivity contribution in [1.29, 1.82) is 0 Å². The zero-order chi connectivity index (χ0) is 16.1. The number of carbonyl (C=O) groups is 1. The van der Waals surface area contributed by atoms with Gasteiger partial charge in [0.2, 0.25) is 5.91 Å². The third-order valence-electron chi connectivity index (χ3n) is 3.69. The van der Waals surface area contributed by atoms with Gasteiger partial charge in [0.05, 0.1) is 18.4 Å². The van der Waals surface area contributed by atoms with Crippen molar-refractivity contribution in [1.82, 2.24) is 24.9 Å². The molecule has 0 aromatic carbocycles. The molecule has 0 fully saturated rings. The van der Waals surface area contributed by atoms with E-state index in [1.165, 1.54) is 7.11 Å². The Balaban J connectivity index is 1.72. The fourth-order valence-corrected chi connectivity index (χ4v) is 2.52. The molecule has 0 bridgehead atoms. The van der Waals surface area contributed by atoms with Crippen molar-refractivity contribution in [3.05, 3.63) is 35.9 Å². The third kappa shape index (κ3) is 3.65. The molecule has 0 atom stereocenters. The molecular weight excluding hydrogens is 298 g/mol. The van der Waals surface area contributed by atoms with Crippen LogP contribution in [0.15, 0.2) is 24.5 Å². The minimum Gasteiger partial charge on any atom is -0.486 e. The number of rotatable bonds is 5. The zero-order valence-electron chi connectivity index (χ0n) is 13.0. The van der Waals surface area contributed by atoms with E-state index >= 15 is 0 Å². The summed E-state index contributed by atoms with van der Waals surface area (Å²) in [7, 11) is 1.52. The van der Waals surface area contributed by atoms with E-state index in [9.17, 15) is 4.79 Å². The predicted molar refractivity (Wildman–Crippen MR) is 80.5 cm³/mol. The summed E-state index contributed by atoms with van der Waals surface area (Å²) >= 11 is 0. The highest BCUT2D eigenvalue weighted by molar-refractivity contribution is 5.77. The quantitative estimate of drug-likeness (QED) is 0.804. The van der Waals surface area contributed by atoms with Gasteiger partial charge in [-0.1, -0.05) is 5.21 Å². The largest absolute Gasteiger partial charge is 0.486 e. The van der Waals surface area contributed by atoms with Gasteiger partial charge in [-0.15, -0.1) is 5.10 Å². The Morgan fingerprint density at radius 3 is 3.09 bits per heavy atom. The number of amides is 1. The minimum atomic E-state index is -0.0266. The molecule has 3 heterocycles. The zero-order valence-corrected chi connectivity index (χ0v) is 13.0. The van der Waals surface area contributed by atoms with Gasteiger partial charge in [-0.3, -0.25) is 9.78 Å². The second kappa shape index (κ2) is 7.19. The van der Waals surface area contributed by atoms with Gasteiger partial charge in [-0.05, 0) is 18.6 Å². The molecule has 2 aromatic heterocycles. The molecule has 0 radical (unpaired) electrons. The Morgan fingerprint density at radius 2 is 2.30 bits per heavy atom. The lowest BCUT2D eigenvalue weighted by molar-refractivity contribution is -0.135. The Kier molecular flexibility index (Phi) is 4.82. The molecule has 1 aliphatic rings. The lowest BCUT2D eigenvalue weighted by atomic mass is 10.3. The van der Waals surface area contributed by atoms with Gasteiger partial charge in [-0.25, -0.2) is 4.68 Å². The standard InChI is InChI=1S/C15H19N5O3/c1-22-11-15(21)19-6-3-7-20-14(9-19)13(17-18-20)10-23-12-4-2-5-16-8-12/h2,4-5,8H,3,6-7,9-11H2,1H3. The molecule has 0 unspecified atom stereocenters. The molecule has 0 saturated carbocycles. The van der Waals surface area contributed by atoms with Crippen LogP contribution in [-0.4, -0.2) is 51.0 Å². The van der Waals surface area contributed by atoms with Gasteiger partial charge >= 0.3 is 0 Å². The summed E-state index contributed by atoms with van der Waals surface area (Å²) in [5, 5.41) is 8.36. The first-order valence-corrected chi connectivity index (χ1v) is 7.48. The first kappa shape index (κ1) is 15.4. The van der Waals surface area contributed by atoms with Gasteiger partial charge in [0.1, 0.15) is 24.7 Å². The van der Waals surface area contributed by atoms with E-state index in [0.29, 0.717) is 25.4 Å². The summed E-state index contributed by atoms with van der Waals surface area (Å²) in [6, 6.07) is 3.65. The molecule has 23 heavy (non-hydrogen) atoms. The van der Waals surface area contributed by atoms with E-state index < -0.39 is 0 Å². The van der Waals surface area contributed by atoms with E-state index in [0.717, 1.165) is 24.4 Å². The van der Waals surface area contributed by atoms with Crippen molar-refractivity contribution in [3.8, 4) is 5.75 Å². The maximum Gasteiger partial charge on any atom is 0.248 e. The summed E-state index contributed by atoms with van der Waals surface area (Å²) in [6.45, 7) is 2.29. The van der Waals surface area contributed by atoms with Gasteiger partial charge in [-0.2, -0.15) is 0 Å². The molecular formula is C15H19N5O3. The van der Waals surface area contributed by atoms with E-state index in [1.807, 2.05) is 16.8 Å². The van der Waals surface area contributed by atoms with Crippen LogP contribution in [-0.2, 0) is 29.2 Å². The van der Waals surface area contributed by atoms with Crippen LogP contribution in [0.1, 0.15) is 17.8 Å². The van der Waals surface area contributed by atoms with Crippen molar-refractivity contribution >= 4 is 5.91 Å². The molecule has 3 rings (SSSR count). The lowest BCUT2D eigenvalue weighted by Crippen LogP contribution is -2.33. The van der Waals surface area contributed by atoms with Crippen molar-refractivity contribution < 1.29 is 14.3 Å². The second-order valence-corrected chi connectivity index (χ2v) is 5.29. The smallest absolute Gasteiger partial charge is 0.248 e. The first-order valence-electron chi connectivity index (χ1n) is 7.48. The number of pyridine rings is 1. The number of ether oxygens (including phenoxy) is 2. The van der Waals surface area contributed by atoms with Gasteiger partial charge in [0.15, 0.2) is 0 Å². The monoisotopic (exact) mass is 317 g/mol. The van der Waals surface area contributed by atoms with Crippen molar-refractivity contribution in [3.63, 3.8) is 0 Å². The fraction of sp³-hybridized carbons (Fsp3) is 0.467. The Morgan fingerprint density at radius 1 is 1.39 bits per heavy atom. The van der Waals surface area contributed by atoms with Crippen LogP contribution in [0.4, 0.5) is 0 Å². The Hall–Kier alpha value is -2.48. The van der Waals surface area contributed by atoms with Crippen LogP contribution < -0.4 is 4.74 Å². The molecule has 0 aliphatic carbocycles. The molecule has 0 saturated heterocycles. The van der Waals surface area contributed by atoms with Gasteiger partial charge < -0.3 is 14.4 Å². The molecule has 0 N–H and O–H groups in total. The minimum absolute atomic E-state index is 0.0266. The number of methoxy groups -OCH3 is 1. The van der Waals surface area contributed by atoms with Crippen LogP contribution in [0.25, 0.3) is 0 Å². The average molecular weight is 317 g/mol. The van der Waals surface area contributed by atoms with E-state index in [-0.39, 0.29) is 12.5 Å². The second-order valence-electron chi connectivity index (χ2n) is 5.29. The number of aromatic nitrogens is 4. The van der Waals surface area contributed by atoms with Crippen LogP contribution in [0.5, 0.6) is 5.75 Å². The number of aryl methyl sites for hydroxylation is 1. The molecule has 122 valence electrons. The van der Waals surface area contributed by atoms with Crippen molar-refractivity contribution in [2.24, 2.45) is 0 Å². The molecule has 2 aromatic rings. The fourth-order valence-electron chi connectivity index (χ4n) is 2.52. The summed E-state index contributed by atoms with van der Waals surface area (Å²) in [5.74, 6) is 0.650. The van der Waals surface area contributed by atoms with E-state index in [1.54, 1.807) is 17.3 Å². The van der Waals surface area contributed by atoms with Crippen molar-refractivity contribution in [2.75, 3.05) is 20.3 Å². The predicted octanol–water partition coefficient (Wildman–Crippen LogP) is 0.631. The molecule has 0 spiro atoms. The molecule has 8 heteroatoms. The maximum atomic E-state index is 12.1. The normalized spacial score (nSPS) is 14.2. The number of fused-ring (bicyclic) bond motifs is 1.